The molecule has 0 aliphatic heterocycles. The van der Waals surface area contributed by atoms with Gasteiger partial charge in [0.05, 0.1) is 21.8 Å². The number of hydrogen-bond donors (Lipinski definition) is 2. The fourth-order valence-electron chi connectivity index (χ4n) is 2.13. The van der Waals surface area contributed by atoms with Crippen LogP contribution < -0.4 is 10.6 Å². The Morgan fingerprint density at radius 3 is 2.70 bits per heavy atom. The van der Waals surface area contributed by atoms with E-state index in [1.807, 2.05) is 32.0 Å². The minimum atomic E-state index is -0.340. The van der Waals surface area contributed by atoms with Gasteiger partial charge in [0.15, 0.2) is 5.13 Å². The third-order valence-electron chi connectivity index (χ3n) is 3.50. The highest BCUT2D eigenvalue weighted by Crippen LogP contribution is 2.26. The summed E-state index contributed by atoms with van der Waals surface area (Å²) >= 11 is 1.34. The van der Waals surface area contributed by atoms with Crippen molar-refractivity contribution in [3.05, 3.63) is 53.1 Å². The number of carbonyl (C=O) groups is 1. The number of amides is 2. The summed E-state index contributed by atoms with van der Waals surface area (Å²) in [5, 5.41) is 14.9. The number of aryl methyl sites for hydroxylation is 2. The normalized spacial score (nSPS) is 10.3. The van der Waals surface area contributed by atoms with Crippen LogP contribution in [0.25, 0.3) is 10.2 Å². The summed E-state index contributed by atoms with van der Waals surface area (Å²) in [6.07, 6.45) is 0. The Morgan fingerprint density at radius 2 is 1.96 bits per heavy atom. The zero-order valence-corrected chi connectivity index (χ0v) is 13.5. The van der Waals surface area contributed by atoms with Crippen LogP contribution in [0.5, 0.6) is 0 Å². The highest BCUT2D eigenvalue weighted by atomic mass is 32.1. The van der Waals surface area contributed by atoms with Crippen molar-refractivity contribution < 1.29 is 4.79 Å². The Balaban J connectivity index is 1.74. The molecule has 5 nitrogen and oxygen atoms in total. The average molecular weight is 322 g/mol. The molecule has 2 N–H and O–H groups in total. The first-order chi connectivity index (χ1) is 11.0. The second kappa shape index (κ2) is 6.07. The Labute approximate surface area is 137 Å². The van der Waals surface area contributed by atoms with Gasteiger partial charge in [0.2, 0.25) is 0 Å². The second-order valence-electron chi connectivity index (χ2n) is 5.19. The van der Waals surface area contributed by atoms with Crippen LogP contribution in [0.15, 0.2) is 36.4 Å². The molecule has 6 heteroatoms. The standard InChI is InChI=1S/C17H14N4OS/c1-10-3-5-13(7-11(10)2)19-16(22)21-17-20-14-6-4-12(9-18)8-15(14)23-17/h3-8H,1-2H3,(H2,19,20,21,22). The summed E-state index contributed by atoms with van der Waals surface area (Å²) in [4.78, 5) is 16.4. The van der Waals surface area contributed by atoms with Crippen LogP contribution in [0, 0.1) is 25.2 Å². The molecule has 0 spiro atoms. The van der Waals surface area contributed by atoms with Crippen LogP contribution >= 0.6 is 11.3 Å². The van der Waals surface area contributed by atoms with Gasteiger partial charge in [0, 0.05) is 5.69 Å². The number of rotatable bonds is 2. The minimum Gasteiger partial charge on any atom is -0.308 e. The van der Waals surface area contributed by atoms with Crippen LogP contribution in [-0.2, 0) is 0 Å². The van der Waals surface area contributed by atoms with Crippen molar-refractivity contribution in [3.63, 3.8) is 0 Å². The Morgan fingerprint density at radius 1 is 1.13 bits per heavy atom. The lowest BCUT2D eigenvalue weighted by Crippen LogP contribution is -2.19. The molecule has 0 saturated heterocycles. The van der Waals surface area contributed by atoms with Crippen LogP contribution in [-0.4, -0.2) is 11.0 Å². The molecule has 1 aromatic heterocycles. The predicted octanol–water partition coefficient (Wildman–Crippen LogP) is 4.43. The Bertz CT molecular complexity index is 939. The van der Waals surface area contributed by atoms with Crippen molar-refractivity contribution in [1.29, 1.82) is 5.26 Å². The molecule has 1 heterocycles. The molecule has 23 heavy (non-hydrogen) atoms. The van der Waals surface area contributed by atoms with Gasteiger partial charge in [-0.05, 0) is 55.3 Å². The molecule has 0 unspecified atom stereocenters. The average Bonchev–Trinajstić information content (AvgIpc) is 2.91. The number of aromatic nitrogens is 1. The summed E-state index contributed by atoms with van der Waals surface area (Å²) in [5.74, 6) is 0. The number of thiazole rings is 1. The topological polar surface area (TPSA) is 77.8 Å². The minimum absolute atomic E-state index is 0.340. The maximum Gasteiger partial charge on any atom is 0.325 e. The van der Waals surface area contributed by atoms with E-state index < -0.39 is 0 Å². The highest BCUT2D eigenvalue weighted by Gasteiger charge is 2.09. The lowest BCUT2D eigenvalue weighted by atomic mass is 10.1. The van der Waals surface area contributed by atoms with Gasteiger partial charge >= 0.3 is 6.03 Å². The molecule has 3 rings (SSSR count). The molecule has 2 amide bonds. The number of nitrogens with one attached hydrogen (secondary N) is 2. The van der Waals surface area contributed by atoms with Crippen molar-refractivity contribution in [3.8, 4) is 6.07 Å². The summed E-state index contributed by atoms with van der Waals surface area (Å²) in [6, 6.07) is 12.7. The van der Waals surface area contributed by atoms with Gasteiger partial charge in [-0.2, -0.15) is 5.26 Å². The number of carbonyl (C=O) groups excluding carboxylic acids is 1. The smallest absolute Gasteiger partial charge is 0.308 e. The number of urea groups is 1. The molecule has 0 atom stereocenters. The van der Waals surface area contributed by atoms with Crippen LogP contribution in [0.4, 0.5) is 15.6 Å². The fourth-order valence-corrected chi connectivity index (χ4v) is 3.03. The largest absolute Gasteiger partial charge is 0.325 e. The number of nitrogens with zero attached hydrogens (tertiary/aromatic N) is 2. The van der Waals surface area contributed by atoms with E-state index in [4.69, 9.17) is 5.26 Å². The lowest BCUT2D eigenvalue weighted by Gasteiger charge is -2.07. The van der Waals surface area contributed by atoms with Gasteiger partial charge in [0.25, 0.3) is 0 Å². The molecule has 0 fully saturated rings. The molecular weight excluding hydrogens is 308 g/mol. The van der Waals surface area contributed by atoms with E-state index in [1.54, 1.807) is 18.2 Å². The summed E-state index contributed by atoms with van der Waals surface area (Å²) < 4.78 is 0.866. The zero-order valence-electron chi connectivity index (χ0n) is 12.7. The van der Waals surface area contributed by atoms with E-state index >= 15 is 0 Å². The molecule has 0 saturated carbocycles. The van der Waals surface area contributed by atoms with Gasteiger partial charge in [-0.3, -0.25) is 5.32 Å². The number of nitriles is 1. The maximum absolute atomic E-state index is 12.1. The third kappa shape index (κ3) is 3.30. The first-order valence-corrected chi connectivity index (χ1v) is 7.83. The van der Waals surface area contributed by atoms with E-state index in [2.05, 4.69) is 21.7 Å². The molecule has 0 aliphatic carbocycles. The molecular formula is C17H14N4OS. The second-order valence-corrected chi connectivity index (χ2v) is 6.22. The number of fused-ring (bicyclic) bond motifs is 1. The van der Waals surface area contributed by atoms with E-state index in [-0.39, 0.29) is 6.03 Å². The first-order valence-electron chi connectivity index (χ1n) is 7.01. The highest BCUT2D eigenvalue weighted by molar-refractivity contribution is 7.22. The van der Waals surface area contributed by atoms with Gasteiger partial charge in [-0.25, -0.2) is 9.78 Å². The maximum atomic E-state index is 12.1. The quantitative estimate of drug-likeness (QED) is 0.732. The zero-order chi connectivity index (χ0) is 16.4. The molecule has 3 aromatic rings. The van der Waals surface area contributed by atoms with Crippen molar-refractivity contribution in [2.45, 2.75) is 13.8 Å². The van der Waals surface area contributed by atoms with Crippen molar-refractivity contribution in [2.75, 3.05) is 10.6 Å². The molecule has 0 bridgehead atoms. The number of anilines is 2. The molecule has 2 aromatic carbocycles. The van der Waals surface area contributed by atoms with E-state index in [0.717, 1.165) is 21.5 Å². The van der Waals surface area contributed by atoms with E-state index in [9.17, 15) is 4.79 Å². The Kier molecular flexibility index (Phi) is 3.96. The summed E-state index contributed by atoms with van der Waals surface area (Å²) in [5.41, 5.74) is 4.36. The fraction of sp³-hybridized carbons (Fsp3) is 0.118. The lowest BCUT2D eigenvalue weighted by molar-refractivity contribution is 0.262. The summed E-state index contributed by atoms with van der Waals surface area (Å²) in [6.45, 7) is 4.02. The van der Waals surface area contributed by atoms with Gasteiger partial charge in [-0.1, -0.05) is 17.4 Å². The predicted molar refractivity (Wildman–Crippen MR) is 92.9 cm³/mol. The van der Waals surface area contributed by atoms with Crippen molar-refractivity contribution in [1.82, 2.24) is 4.98 Å². The summed E-state index contributed by atoms with van der Waals surface area (Å²) in [7, 11) is 0. The molecule has 114 valence electrons. The van der Waals surface area contributed by atoms with Crippen molar-refractivity contribution in [2.24, 2.45) is 0 Å². The van der Waals surface area contributed by atoms with Crippen LogP contribution in [0.3, 0.4) is 0 Å². The first kappa shape index (κ1) is 15.0. The number of benzene rings is 2. The third-order valence-corrected chi connectivity index (χ3v) is 4.44. The van der Waals surface area contributed by atoms with Gasteiger partial charge in [0.1, 0.15) is 0 Å². The SMILES string of the molecule is Cc1ccc(NC(=O)Nc2nc3ccc(C#N)cc3s2)cc1C. The molecule has 0 radical (unpaired) electrons. The van der Waals surface area contributed by atoms with Crippen LogP contribution in [0.2, 0.25) is 0 Å². The van der Waals surface area contributed by atoms with E-state index in [1.165, 1.54) is 16.9 Å². The van der Waals surface area contributed by atoms with E-state index in [0.29, 0.717) is 10.7 Å². The van der Waals surface area contributed by atoms with Crippen LogP contribution in [0.1, 0.15) is 16.7 Å². The Hall–Kier alpha value is -2.91. The van der Waals surface area contributed by atoms with Gasteiger partial charge in [-0.15, -0.1) is 0 Å². The van der Waals surface area contributed by atoms with Gasteiger partial charge < -0.3 is 5.32 Å². The number of hydrogen-bond acceptors (Lipinski definition) is 4. The molecule has 0 aliphatic rings. The van der Waals surface area contributed by atoms with Crippen molar-refractivity contribution >= 4 is 38.4 Å². The monoisotopic (exact) mass is 322 g/mol.